The molecule has 5 nitrogen and oxygen atoms in total. The largest absolute Gasteiger partial charge is 0.326 e. The Kier molecular flexibility index (Phi) is 4.23. The van der Waals surface area contributed by atoms with Gasteiger partial charge in [0.15, 0.2) is 0 Å². The van der Waals surface area contributed by atoms with Gasteiger partial charge in [-0.25, -0.2) is 12.7 Å². The summed E-state index contributed by atoms with van der Waals surface area (Å²) in [7, 11) is -3.22. The average Bonchev–Trinajstić information content (AvgIpc) is 2.94. The Morgan fingerprint density at radius 1 is 1.23 bits per heavy atom. The van der Waals surface area contributed by atoms with Crippen molar-refractivity contribution in [3.63, 3.8) is 0 Å². The molecule has 22 heavy (non-hydrogen) atoms. The molecule has 1 heterocycles. The van der Waals surface area contributed by atoms with Crippen LogP contribution < -0.4 is 5.32 Å². The molecule has 1 aromatic carbocycles. The number of hydrogen-bond donors (Lipinski definition) is 1. The maximum Gasteiger partial charge on any atom is 0.228 e. The molecular weight excluding hydrogens is 300 g/mol. The minimum Gasteiger partial charge on any atom is -0.326 e. The maximum absolute atomic E-state index is 12.4. The lowest BCUT2D eigenvalue weighted by Crippen LogP contribution is -2.43. The second-order valence-electron chi connectivity index (χ2n) is 6.29. The minimum absolute atomic E-state index is 0.0775. The first-order valence-corrected chi connectivity index (χ1v) is 9.66. The van der Waals surface area contributed by atoms with Crippen LogP contribution in [0.5, 0.6) is 0 Å². The van der Waals surface area contributed by atoms with E-state index >= 15 is 0 Å². The summed E-state index contributed by atoms with van der Waals surface area (Å²) in [6.07, 6.45) is 6.05. The summed E-state index contributed by atoms with van der Waals surface area (Å²) in [6.45, 7) is 0.803. The number of benzene rings is 1. The predicted octanol–water partition coefficient (Wildman–Crippen LogP) is 1.79. The zero-order valence-electron chi connectivity index (χ0n) is 12.8. The van der Waals surface area contributed by atoms with Gasteiger partial charge in [-0.3, -0.25) is 4.79 Å². The van der Waals surface area contributed by atoms with Crippen LogP contribution in [0.2, 0.25) is 0 Å². The molecule has 2 aliphatic rings. The molecule has 0 bridgehead atoms. The van der Waals surface area contributed by atoms with Crippen molar-refractivity contribution in [2.24, 2.45) is 5.92 Å². The SMILES string of the molecule is CS(=O)(=O)N1CCC[C@@H](C(=O)Nc2ccc3c(c2)CCC3)C1. The first kappa shape index (κ1) is 15.5. The van der Waals surface area contributed by atoms with Gasteiger partial charge in [0.2, 0.25) is 15.9 Å². The van der Waals surface area contributed by atoms with Crippen LogP contribution in [0.3, 0.4) is 0 Å². The molecule has 1 amide bonds. The summed E-state index contributed by atoms with van der Waals surface area (Å²) in [5.41, 5.74) is 3.51. The van der Waals surface area contributed by atoms with E-state index in [9.17, 15) is 13.2 Å². The normalized spacial score (nSPS) is 22.3. The zero-order chi connectivity index (χ0) is 15.7. The Bertz CT molecular complexity index is 685. The Morgan fingerprint density at radius 3 is 2.77 bits per heavy atom. The number of carbonyl (C=O) groups excluding carboxylic acids is 1. The second kappa shape index (κ2) is 6.01. The molecule has 1 N–H and O–H groups in total. The van der Waals surface area contributed by atoms with Crippen LogP contribution in [-0.2, 0) is 27.7 Å². The molecule has 0 aromatic heterocycles. The summed E-state index contributed by atoms with van der Waals surface area (Å²) in [4.78, 5) is 12.4. The molecule has 0 radical (unpaired) electrons. The molecule has 1 aromatic rings. The summed E-state index contributed by atoms with van der Waals surface area (Å²) in [5.74, 6) is -0.344. The number of hydrogen-bond acceptors (Lipinski definition) is 3. The number of rotatable bonds is 3. The van der Waals surface area contributed by atoms with Crippen molar-refractivity contribution in [1.29, 1.82) is 0 Å². The quantitative estimate of drug-likeness (QED) is 0.922. The van der Waals surface area contributed by atoms with Gasteiger partial charge in [-0.15, -0.1) is 0 Å². The molecule has 1 aliphatic heterocycles. The Hall–Kier alpha value is -1.40. The molecule has 1 aliphatic carbocycles. The fraction of sp³-hybridized carbons (Fsp3) is 0.562. The lowest BCUT2D eigenvalue weighted by atomic mass is 9.98. The molecule has 1 saturated heterocycles. The van der Waals surface area contributed by atoms with Gasteiger partial charge in [-0.1, -0.05) is 6.07 Å². The highest BCUT2D eigenvalue weighted by atomic mass is 32.2. The fourth-order valence-corrected chi connectivity index (χ4v) is 4.26. The number of amides is 1. The van der Waals surface area contributed by atoms with Gasteiger partial charge in [0, 0.05) is 18.8 Å². The monoisotopic (exact) mass is 322 g/mol. The third-order valence-corrected chi connectivity index (χ3v) is 5.86. The molecule has 6 heteroatoms. The van der Waals surface area contributed by atoms with E-state index in [1.807, 2.05) is 6.07 Å². The highest BCUT2D eigenvalue weighted by molar-refractivity contribution is 7.88. The summed E-state index contributed by atoms with van der Waals surface area (Å²) >= 11 is 0. The highest BCUT2D eigenvalue weighted by Crippen LogP contribution is 2.26. The summed E-state index contributed by atoms with van der Waals surface area (Å²) in [6, 6.07) is 6.08. The van der Waals surface area contributed by atoms with Gasteiger partial charge in [-0.2, -0.15) is 0 Å². The van der Waals surface area contributed by atoms with Crippen LogP contribution >= 0.6 is 0 Å². The van der Waals surface area contributed by atoms with Crippen molar-refractivity contribution < 1.29 is 13.2 Å². The lowest BCUT2D eigenvalue weighted by Gasteiger charge is -2.30. The van der Waals surface area contributed by atoms with Crippen LogP contribution in [0.15, 0.2) is 18.2 Å². The smallest absolute Gasteiger partial charge is 0.228 e. The van der Waals surface area contributed by atoms with E-state index in [0.717, 1.165) is 31.4 Å². The van der Waals surface area contributed by atoms with Crippen LogP contribution in [-0.4, -0.2) is 38.0 Å². The van der Waals surface area contributed by atoms with Crippen LogP contribution in [0.1, 0.15) is 30.4 Å². The Morgan fingerprint density at radius 2 is 2.00 bits per heavy atom. The number of aryl methyl sites for hydroxylation is 2. The maximum atomic E-state index is 12.4. The number of sulfonamides is 1. The van der Waals surface area contributed by atoms with Crippen molar-refractivity contribution >= 4 is 21.6 Å². The molecule has 0 unspecified atom stereocenters. The van der Waals surface area contributed by atoms with E-state index in [4.69, 9.17) is 0 Å². The van der Waals surface area contributed by atoms with Crippen molar-refractivity contribution in [1.82, 2.24) is 4.31 Å². The molecular formula is C16H22N2O3S. The summed E-state index contributed by atoms with van der Waals surface area (Å²) in [5, 5.41) is 2.95. The zero-order valence-corrected chi connectivity index (χ0v) is 13.7. The molecule has 3 rings (SSSR count). The van der Waals surface area contributed by atoms with Gasteiger partial charge < -0.3 is 5.32 Å². The van der Waals surface area contributed by atoms with Crippen LogP contribution in [0.25, 0.3) is 0 Å². The molecule has 1 atom stereocenters. The minimum atomic E-state index is -3.22. The van der Waals surface area contributed by atoms with E-state index < -0.39 is 10.0 Å². The van der Waals surface area contributed by atoms with Crippen molar-refractivity contribution in [2.75, 3.05) is 24.7 Å². The number of nitrogens with one attached hydrogen (secondary N) is 1. The van der Waals surface area contributed by atoms with Crippen LogP contribution in [0.4, 0.5) is 5.69 Å². The van der Waals surface area contributed by atoms with Gasteiger partial charge in [-0.05, 0) is 55.4 Å². The number of piperidine rings is 1. The van der Waals surface area contributed by atoms with Gasteiger partial charge in [0.1, 0.15) is 0 Å². The second-order valence-corrected chi connectivity index (χ2v) is 8.27. The van der Waals surface area contributed by atoms with Crippen molar-refractivity contribution in [3.05, 3.63) is 29.3 Å². The van der Waals surface area contributed by atoms with E-state index in [2.05, 4.69) is 17.4 Å². The standard InChI is InChI=1S/C16H22N2O3S/c1-22(20,21)18-9-3-6-14(11-18)16(19)17-15-8-7-12-4-2-5-13(12)10-15/h7-8,10,14H,2-6,9,11H2,1H3,(H,17,19)/t14-/m1/s1. The summed E-state index contributed by atoms with van der Waals surface area (Å²) < 4.78 is 24.7. The first-order valence-electron chi connectivity index (χ1n) is 7.81. The third kappa shape index (κ3) is 3.33. The number of carbonyl (C=O) groups is 1. The van der Waals surface area contributed by atoms with Crippen molar-refractivity contribution in [2.45, 2.75) is 32.1 Å². The fourth-order valence-electron chi connectivity index (χ4n) is 3.35. The van der Waals surface area contributed by atoms with Gasteiger partial charge in [0.25, 0.3) is 0 Å². The Labute approximate surface area is 131 Å². The molecule has 120 valence electrons. The van der Waals surface area contributed by atoms with Crippen LogP contribution in [0, 0.1) is 5.92 Å². The topological polar surface area (TPSA) is 66.5 Å². The first-order chi connectivity index (χ1) is 10.4. The number of nitrogens with zero attached hydrogens (tertiary/aromatic N) is 1. The third-order valence-electron chi connectivity index (χ3n) is 4.59. The van der Waals surface area contributed by atoms with E-state index in [-0.39, 0.29) is 18.4 Å². The number of fused-ring (bicyclic) bond motifs is 1. The average molecular weight is 322 g/mol. The van der Waals surface area contributed by atoms with E-state index in [0.29, 0.717) is 6.54 Å². The molecule has 1 fully saturated rings. The predicted molar refractivity (Wildman–Crippen MR) is 86.2 cm³/mol. The highest BCUT2D eigenvalue weighted by Gasteiger charge is 2.30. The van der Waals surface area contributed by atoms with Crippen molar-refractivity contribution in [3.8, 4) is 0 Å². The van der Waals surface area contributed by atoms with Gasteiger partial charge in [0.05, 0.1) is 12.2 Å². The van der Waals surface area contributed by atoms with Gasteiger partial charge >= 0.3 is 0 Å². The molecule has 0 saturated carbocycles. The Balaban J connectivity index is 1.66. The number of anilines is 1. The lowest BCUT2D eigenvalue weighted by molar-refractivity contribution is -0.120. The van der Waals surface area contributed by atoms with E-state index in [1.54, 1.807) is 0 Å². The van der Waals surface area contributed by atoms with E-state index in [1.165, 1.54) is 28.1 Å². The molecule has 0 spiro atoms.